The summed E-state index contributed by atoms with van der Waals surface area (Å²) in [5.41, 5.74) is 0. The van der Waals surface area contributed by atoms with Crippen LogP contribution in [0.25, 0.3) is 0 Å². The number of aliphatic carboxylic acids is 1. The highest BCUT2D eigenvalue weighted by molar-refractivity contribution is 7.92. The lowest BCUT2D eigenvalue weighted by atomic mass is 10.0. The van der Waals surface area contributed by atoms with E-state index in [-0.39, 0.29) is 18.1 Å². The summed E-state index contributed by atoms with van der Waals surface area (Å²) in [4.78, 5) is 33.8. The maximum atomic E-state index is 11.5. The van der Waals surface area contributed by atoms with Crippen LogP contribution in [-0.2, 0) is 24.2 Å². The molecule has 0 rings (SSSR count). The van der Waals surface area contributed by atoms with E-state index in [0.717, 1.165) is 0 Å². The lowest BCUT2D eigenvalue weighted by Gasteiger charge is -2.16. The second-order valence-electron chi connectivity index (χ2n) is 5.04. The Labute approximate surface area is 124 Å². The molecule has 21 heavy (non-hydrogen) atoms. The molecule has 0 saturated carbocycles. The zero-order valence-electron chi connectivity index (χ0n) is 12.4. The number of hydrogen-bond acceptors (Lipinski definition) is 5. The van der Waals surface area contributed by atoms with Gasteiger partial charge in [-0.15, -0.1) is 0 Å². The van der Waals surface area contributed by atoms with Crippen LogP contribution in [0.2, 0.25) is 0 Å². The quantitative estimate of drug-likeness (QED) is 0.507. The molecule has 0 aliphatic carbocycles. The van der Waals surface area contributed by atoms with E-state index in [2.05, 4.69) is 10.6 Å². The van der Waals surface area contributed by atoms with Gasteiger partial charge in [-0.05, 0) is 12.3 Å². The third kappa shape index (κ3) is 9.01. The Balaban J connectivity index is 4.31. The lowest BCUT2D eigenvalue weighted by molar-refractivity contribution is -0.142. The number of carbonyl (C=O) groups is 3. The predicted octanol–water partition coefficient (Wildman–Crippen LogP) is -0.847. The van der Waals surface area contributed by atoms with E-state index < -0.39 is 46.0 Å². The van der Waals surface area contributed by atoms with Crippen molar-refractivity contribution in [2.24, 2.45) is 5.92 Å². The molecule has 3 N–H and O–H groups in total. The molecule has 1 atom stereocenters. The highest BCUT2D eigenvalue weighted by Crippen LogP contribution is 2.04. The minimum atomic E-state index is -3.46. The molecule has 0 aromatic heterocycles. The summed E-state index contributed by atoms with van der Waals surface area (Å²) in [6, 6.07) is -1.03. The van der Waals surface area contributed by atoms with Gasteiger partial charge in [-0.3, -0.25) is 9.59 Å². The van der Waals surface area contributed by atoms with Gasteiger partial charge in [0.1, 0.15) is 11.8 Å². The summed E-state index contributed by atoms with van der Waals surface area (Å²) < 4.78 is 22.4. The highest BCUT2D eigenvalue weighted by Gasteiger charge is 2.21. The number of amides is 2. The van der Waals surface area contributed by atoms with Gasteiger partial charge in [0.15, 0.2) is 9.84 Å². The van der Waals surface area contributed by atoms with Gasteiger partial charge in [-0.25, -0.2) is 13.2 Å². The van der Waals surface area contributed by atoms with E-state index in [4.69, 9.17) is 5.11 Å². The van der Waals surface area contributed by atoms with Crippen molar-refractivity contribution in [3.05, 3.63) is 0 Å². The van der Waals surface area contributed by atoms with E-state index in [1.807, 2.05) is 13.8 Å². The van der Waals surface area contributed by atoms with Gasteiger partial charge in [0, 0.05) is 5.75 Å². The molecule has 122 valence electrons. The number of nitrogens with one attached hydrogen (secondary N) is 2. The Morgan fingerprint density at radius 2 is 1.71 bits per heavy atom. The average molecular weight is 322 g/mol. The average Bonchev–Trinajstić information content (AvgIpc) is 2.34. The zero-order chi connectivity index (χ0) is 16.6. The predicted molar refractivity (Wildman–Crippen MR) is 76.4 cm³/mol. The summed E-state index contributed by atoms with van der Waals surface area (Å²) in [5, 5.41) is 13.4. The first kappa shape index (κ1) is 19.4. The second kappa shape index (κ2) is 8.60. The molecule has 2 amide bonds. The summed E-state index contributed by atoms with van der Waals surface area (Å²) in [5.74, 6) is -3.40. The van der Waals surface area contributed by atoms with Crippen LogP contribution in [0.3, 0.4) is 0 Å². The standard InChI is InChI=1S/C12H22N2O6S/c1-4-21(19,20)7-11(16)13-6-10(15)14-9(12(17)18)5-8(2)3/h8-9H,4-7H2,1-3H3,(H,13,16)(H,14,15)(H,17,18)/t9-/m0/s1. The molecule has 0 spiro atoms. The fourth-order valence-corrected chi connectivity index (χ4v) is 2.18. The molecule has 0 aromatic carbocycles. The Kier molecular flexibility index (Phi) is 7.93. The Bertz CT molecular complexity index is 486. The Morgan fingerprint density at radius 1 is 1.14 bits per heavy atom. The van der Waals surface area contributed by atoms with Crippen molar-refractivity contribution in [3.63, 3.8) is 0 Å². The van der Waals surface area contributed by atoms with Gasteiger partial charge in [-0.2, -0.15) is 0 Å². The minimum Gasteiger partial charge on any atom is -0.480 e. The first-order valence-corrected chi connectivity index (χ1v) is 8.38. The number of sulfone groups is 1. The van der Waals surface area contributed by atoms with Crippen LogP contribution in [0.15, 0.2) is 0 Å². The Hall–Kier alpha value is -1.64. The molecule has 0 fully saturated rings. The maximum Gasteiger partial charge on any atom is 0.326 e. The van der Waals surface area contributed by atoms with Crippen LogP contribution in [0, 0.1) is 5.92 Å². The summed E-state index contributed by atoms with van der Waals surface area (Å²) in [6.45, 7) is 4.59. The molecule has 0 aliphatic heterocycles. The molecule has 0 aliphatic rings. The smallest absolute Gasteiger partial charge is 0.326 e. The maximum absolute atomic E-state index is 11.5. The normalized spacial score (nSPS) is 12.8. The monoisotopic (exact) mass is 322 g/mol. The Morgan fingerprint density at radius 3 is 2.14 bits per heavy atom. The number of carboxylic acids is 1. The third-order valence-corrected chi connectivity index (χ3v) is 4.16. The van der Waals surface area contributed by atoms with Crippen LogP contribution in [0.4, 0.5) is 0 Å². The van der Waals surface area contributed by atoms with Gasteiger partial charge in [-0.1, -0.05) is 20.8 Å². The third-order valence-electron chi connectivity index (χ3n) is 2.58. The second-order valence-corrected chi connectivity index (χ2v) is 7.39. The van der Waals surface area contributed by atoms with Gasteiger partial charge in [0.05, 0.1) is 6.54 Å². The van der Waals surface area contributed by atoms with Crippen LogP contribution in [-0.4, -0.2) is 55.4 Å². The largest absolute Gasteiger partial charge is 0.480 e. The van der Waals surface area contributed by atoms with Gasteiger partial charge in [0.25, 0.3) is 0 Å². The molecule has 0 saturated heterocycles. The zero-order valence-corrected chi connectivity index (χ0v) is 13.2. The van der Waals surface area contributed by atoms with Gasteiger partial charge >= 0.3 is 5.97 Å². The summed E-state index contributed by atoms with van der Waals surface area (Å²) in [7, 11) is -3.46. The number of hydrogen-bond donors (Lipinski definition) is 3. The molecular weight excluding hydrogens is 300 g/mol. The van der Waals surface area contributed by atoms with Crippen LogP contribution < -0.4 is 10.6 Å². The molecular formula is C12H22N2O6S. The first-order chi connectivity index (χ1) is 9.57. The van der Waals surface area contributed by atoms with Crippen molar-refractivity contribution >= 4 is 27.6 Å². The molecule has 0 bridgehead atoms. The number of carboxylic acid groups (broad SMARTS) is 1. The van der Waals surface area contributed by atoms with Crippen molar-refractivity contribution in [1.29, 1.82) is 0 Å². The van der Waals surface area contributed by atoms with E-state index in [1.165, 1.54) is 6.92 Å². The highest BCUT2D eigenvalue weighted by atomic mass is 32.2. The molecule has 0 aromatic rings. The fourth-order valence-electron chi connectivity index (χ4n) is 1.47. The van der Waals surface area contributed by atoms with E-state index in [1.54, 1.807) is 0 Å². The van der Waals surface area contributed by atoms with Crippen molar-refractivity contribution in [2.75, 3.05) is 18.1 Å². The van der Waals surface area contributed by atoms with Crippen LogP contribution in [0.5, 0.6) is 0 Å². The van der Waals surface area contributed by atoms with Crippen molar-refractivity contribution in [3.8, 4) is 0 Å². The molecule has 8 nitrogen and oxygen atoms in total. The fraction of sp³-hybridized carbons (Fsp3) is 0.750. The van der Waals surface area contributed by atoms with Crippen molar-refractivity contribution in [2.45, 2.75) is 33.2 Å². The lowest BCUT2D eigenvalue weighted by Crippen LogP contribution is -2.46. The molecule has 0 radical (unpaired) electrons. The van der Waals surface area contributed by atoms with E-state index in [0.29, 0.717) is 0 Å². The summed E-state index contributed by atoms with van der Waals surface area (Å²) in [6.07, 6.45) is 0.263. The van der Waals surface area contributed by atoms with Crippen molar-refractivity contribution < 1.29 is 27.9 Å². The van der Waals surface area contributed by atoms with E-state index >= 15 is 0 Å². The van der Waals surface area contributed by atoms with Gasteiger partial charge < -0.3 is 15.7 Å². The molecule has 9 heteroatoms. The summed E-state index contributed by atoms with van der Waals surface area (Å²) >= 11 is 0. The topological polar surface area (TPSA) is 130 Å². The molecule has 0 unspecified atom stereocenters. The first-order valence-electron chi connectivity index (χ1n) is 6.56. The molecule has 0 heterocycles. The van der Waals surface area contributed by atoms with E-state index in [9.17, 15) is 22.8 Å². The van der Waals surface area contributed by atoms with Crippen LogP contribution >= 0.6 is 0 Å². The number of carbonyl (C=O) groups excluding carboxylic acids is 2. The van der Waals surface area contributed by atoms with Crippen LogP contribution in [0.1, 0.15) is 27.2 Å². The van der Waals surface area contributed by atoms with Crippen molar-refractivity contribution in [1.82, 2.24) is 10.6 Å². The SMILES string of the molecule is CCS(=O)(=O)CC(=O)NCC(=O)N[C@@H](CC(C)C)C(=O)O. The van der Waals surface area contributed by atoms with Gasteiger partial charge in [0.2, 0.25) is 11.8 Å². The minimum absolute atomic E-state index is 0.0793. The number of rotatable bonds is 9.